The van der Waals surface area contributed by atoms with Crippen molar-refractivity contribution in [3.63, 3.8) is 0 Å². The zero-order valence-corrected chi connectivity index (χ0v) is 9.92. The third-order valence-corrected chi connectivity index (χ3v) is 3.67. The van der Waals surface area contributed by atoms with E-state index in [0.717, 1.165) is 18.7 Å². The number of nitrogens with one attached hydrogen (secondary N) is 1. The summed E-state index contributed by atoms with van der Waals surface area (Å²) in [5, 5.41) is 4.92. The van der Waals surface area contributed by atoms with Crippen molar-refractivity contribution in [2.75, 3.05) is 12.3 Å². The molecule has 1 heterocycles. The Morgan fingerprint density at radius 1 is 1.64 bits per heavy atom. The van der Waals surface area contributed by atoms with Crippen molar-refractivity contribution >= 4 is 29.0 Å². The number of hydrogen-bond donors (Lipinski definition) is 1. The van der Waals surface area contributed by atoms with Crippen molar-refractivity contribution in [2.45, 2.75) is 19.1 Å². The number of amides is 1. The van der Waals surface area contributed by atoms with E-state index in [-0.39, 0.29) is 5.91 Å². The van der Waals surface area contributed by atoms with E-state index in [1.54, 1.807) is 23.1 Å². The predicted molar refractivity (Wildman–Crippen MR) is 63.8 cm³/mol. The molecule has 0 atom stereocenters. The van der Waals surface area contributed by atoms with E-state index < -0.39 is 0 Å². The van der Waals surface area contributed by atoms with Gasteiger partial charge in [-0.25, -0.2) is 0 Å². The van der Waals surface area contributed by atoms with Gasteiger partial charge in [0, 0.05) is 17.2 Å². The second kappa shape index (κ2) is 6.90. The summed E-state index contributed by atoms with van der Waals surface area (Å²) in [6.45, 7) is 2.84. The van der Waals surface area contributed by atoms with Gasteiger partial charge in [-0.1, -0.05) is 13.0 Å². The summed E-state index contributed by atoms with van der Waals surface area (Å²) in [4.78, 5) is 12.5. The van der Waals surface area contributed by atoms with Gasteiger partial charge >= 0.3 is 0 Å². The Hall–Kier alpha value is -0.480. The topological polar surface area (TPSA) is 29.1 Å². The van der Waals surface area contributed by atoms with Crippen LogP contribution >= 0.6 is 23.1 Å². The molecular formula is C10H15NOS2. The predicted octanol–water partition coefficient (Wildman–Crippen LogP) is 2.51. The monoisotopic (exact) mass is 229 g/mol. The van der Waals surface area contributed by atoms with Gasteiger partial charge in [0.1, 0.15) is 0 Å². The molecular weight excluding hydrogens is 214 g/mol. The van der Waals surface area contributed by atoms with E-state index in [0.29, 0.717) is 5.75 Å². The summed E-state index contributed by atoms with van der Waals surface area (Å²) in [6.07, 6.45) is 1.00. The minimum Gasteiger partial charge on any atom is -0.355 e. The van der Waals surface area contributed by atoms with Crippen LogP contribution in [0.2, 0.25) is 0 Å². The Bertz CT molecular complexity index is 259. The zero-order valence-electron chi connectivity index (χ0n) is 8.29. The van der Waals surface area contributed by atoms with E-state index in [1.807, 2.05) is 6.07 Å². The Kier molecular flexibility index (Phi) is 5.71. The van der Waals surface area contributed by atoms with E-state index in [4.69, 9.17) is 0 Å². The third-order valence-electron chi connectivity index (χ3n) is 1.63. The molecule has 0 saturated carbocycles. The van der Waals surface area contributed by atoms with Gasteiger partial charge in [0.25, 0.3) is 0 Å². The molecule has 1 N–H and O–H groups in total. The molecule has 2 nitrogen and oxygen atoms in total. The van der Waals surface area contributed by atoms with E-state index in [1.165, 1.54) is 4.88 Å². The largest absolute Gasteiger partial charge is 0.355 e. The van der Waals surface area contributed by atoms with Crippen LogP contribution in [0, 0.1) is 0 Å². The molecule has 0 bridgehead atoms. The van der Waals surface area contributed by atoms with Gasteiger partial charge in [0.05, 0.1) is 5.75 Å². The highest BCUT2D eigenvalue weighted by Gasteiger charge is 2.00. The van der Waals surface area contributed by atoms with Crippen LogP contribution in [0.3, 0.4) is 0 Å². The molecule has 0 aliphatic heterocycles. The van der Waals surface area contributed by atoms with E-state index in [9.17, 15) is 4.79 Å². The van der Waals surface area contributed by atoms with Gasteiger partial charge < -0.3 is 5.32 Å². The number of thiophene rings is 1. The van der Waals surface area contributed by atoms with Crippen LogP contribution in [0.15, 0.2) is 17.5 Å². The summed E-state index contributed by atoms with van der Waals surface area (Å²) >= 11 is 3.41. The Labute approximate surface area is 93.1 Å². The highest BCUT2D eigenvalue weighted by Crippen LogP contribution is 2.16. The molecule has 0 spiro atoms. The van der Waals surface area contributed by atoms with Crippen molar-refractivity contribution in [1.82, 2.24) is 5.32 Å². The molecule has 14 heavy (non-hydrogen) atoms. The SMILES string of the molecule is CCCNC(=O)CSCc1cccs1. The first-order valence-corrected chi connectivity index (χ1v) is 6.73. The highest BCUT2D eigenvalue weighted by atomic mass is 32.2. The van der Waals surface area contributed by atoms with Crippen LogP contribution in [0.1, 0.15) is 18.2 Å². The number of carbonyl (C=O) groups is 1. The first-order chi connectivity index (χ1) is 6.83. The molecule has 78 valence electrons. The van der Waals surface area contributed by atoms with Crippen molar-refractivity contribution in [2.24, 2.45) is 0 Å². The molecule has 0 unspecified atom stereocenters. The number of carbonyl (C=O) groups excluding carboxylic acids is 1. The highest BCUT2D eigenvalue weighted by molar-refractivity contribution is 7.99. The standard InChI is InChI=1S/C10H15NOS2/c1-2-5-11-10(12)8-13-7-9-4-3-6-14-9/h3-4,6H,2,5,7-8H2,1H3,(H,11,12). The van der Waals surface area contributed by atoms with Crippen LogP contribution in [0.25, 0.3) is 0 Å². The van der Waals surface area contributed by atoms with Gasteiger partial charge in [-0.05, 0) is 17.9 Å². The van der Waals surface area contributed by atoms with Gasteiger partial charge in [-0.15, -0.1) is 23.1 Å². The molecule has 0 aromatic carbocycles. The molecule has 1 aromatic heterocycles. The Balaban J connectivity index is 2.06. The van der Waals surface area contributed by atoms with Crippen molar-refractivity contribution in [3.8, 4) is 0 Å². The second-order valence-electron chi connectivity index (χ2n) is 2.92. The third kappa shape index (κ3) is 4.67. The van der Waals surface area contributed by atoms with Crippen molar-refractivity contribution in [3.05, 3.63) is 22.4 Å². The average molecular weight is 229 g/mol. The normalized spacial score (nSPS) is 10.1. The van der Waals surface area contributed by atoms with Crippen molar-refractivity contribution in [1.29, 1.82) is 0 Å². The summed E-state index contributed by atoms with van der Waals surface area (Å²) in [5.74, 6) is 1.66. The lowest BCUT2D eigenvalue weighted by Crippen LogP contribution is -2.25. The fraction of sp³-hybridized carbons (Fsp3) is 0.500. The summed E-state index contributed by atoms with van der Waals surface area (Å²) in [5.41, 5.74) is 0. The van der Waals surface area contributed by atoms with Crippen LogP contribution < -0.4 is 5.32 Å². The Morgan fingerprint density at radius 2 is 2.50 bits per heavy atom. The van der Waals surface area contributed by atoms with Crippen LogP contribution in [0.4, 0.5) is 0 Å². The molecule has 4 heteroatoms. The quantitative estimate of drug-likeness (QED) is 0.812. The minimum atomic E-state index is 0.147. The minimum absolute atomic E-state index is 0.147. The van der Waals surface area contributed by atoms with Gasteiger partial charge in [0.2, 0.25) is 5.91 Å². The summed E-state index contributed by atoms with van der Waals surface area (Å²) in [6, 6.07) is 4.14. The maximum absolute atomic E-state index is 11.2. The summed E-state index contributed by atoms with van der Waals surface area (Å²) < 4.78 is 0. The number of thioether (sulfide) groups is 1. The smallest absolute Gasteiger partial charge is 0.230 e. The van der Waals surface area contributed by atoms with Crippen LogP contribution in [0.5, 0.6) is 0 Å². The fourth-order valence-corrected chi connectivity index (χ4v) is 2.65. The molecule has 0 aliphatic rings. The zero-order chi connectivity index (χ0) is 10.2. The lowest BCUT2D eigenvalue weighted by atomic mass is 10.5. The molecule has 0 saturated heterocycles. The molecule has 0 fully saturated rings. The first-order valence-electron chi connectivity index (χ1n) is 4.69. The maximum Gasteiger partial charge on any atom is 0.230 e. The Morgan fingerprint density at radius 3 is 3.14 bits per heavy atom. The molecule has 1 aromatic rings. The molecule has 1 rings (SSSR count). The summed E-state index contributed by atoms with van der Waals surface area (Å²) in [7, 11) is 0. The van der Waals surface area contributed by atoms with Crippen molar-refractivity contribution < 1.29 is 4.79 Å². The van der Waals surface area contributed by atoms with Gasteiger partial charge in [-0.3, -0.25) is 4.79 Å². The van der Waals surface area contributed by atoms with Gasteiger partial charge in [0.15, 0.2) is 0 Å². The lowest BCUT2D eigenvalue weighted by Gasteiger charge is -2.02. The van der Waals surface area contributed by atoms with E-state index in [2.05, 4.69) is 23.7 Å². The van der Waals surface area contributed by atoms with Gasteiger partial charge in [-0.2, -0.15) is 0 Å². The van der Waals surface area contributed by atoms with Crippen LogP contribution in [-0.2, 0) is 10.5 Å². The molecule has 0 aliphatic carbocycles. The van der Waals surface area contributed by atoms with Crippen LogP contribution in [-0.4, -0.2) is 18.2 Å². The fourth-order valence-electron chi connectivity index (χ4n) is 0.954. The lowest BCUT2D eigenvalue weighted by molar-refractivity contribution is -0.118. The molecule has 0 radical (unpaired) electrons. The second-order valence-corrected chi connectivity index (χ2v) is 4.94. The average Bonchev–Trinajstić information content (AvgIpc) is 2.67. The number of hydrogen-bond acceptors (Lipinski definition) is 3. The number of rotatable bonds is 6. The first kappa shape index (κ1) is 11.6. The molecule has 1 amide bonds. The maximum atomic E-state index is 11.2. The van der Waals surface area contributed by atoms with E-state index >= 15 is 0 Å².